The quantitative estimate of drug-likeness (QED) is 0.323. The number of fused-ring (bicyclic) bond motifs is 2. The predicted molar refractivity (Wildman–Crippen MR) is 128 cm³/mol. The second kappa shape index (κ2) is 8.83. The van der Waals surface area contributed by atoms with E-state index in [0.29, 0.717) is 25.4 Å². The molecule has 0 saturated carbocycles. The van der Waals surface area contributed by atoms with Gasteiger partial charge >= 0.3 is 5.97 Å². The topological polar surface area (TPSA) is 68.3 Å². The van der Waals surface area contributed by atoms with Crippen molar-refractivity contribution in [3.05, 3.63) is 95.1 Å². The van der Waals surface area contributed by atoms with Crippen LogP contribution in [-0.4, -0.2) is 47.9 Å². The largest absolute Gasteiger partial charge is 0.425 e. The lowest BCUT2D eigenvalue weighted by molar-refractivity contribution is -0.194. The van der Waals surface area contributed by atoms with Crippen LogP contribution < -0.4 is 9.62 Å². The van der Waals surface area contributed by atoms with Crippen molar-refractivity contribution < 1.29 is 24.1 Å². The normalized spacial score (nSPS) is 21.3. The van der Waals surface area contributed by atoms with Gasteiger partial charge in [-0.2, -0.15) is 4.89 Å². The van der Waals surface area contributed by atoms with Crippen LogP contribution in [0.5, 0.6) is 11.5 Å². The van der Waals surface area contributed by atoms with Crippen LogP contribution in [0.15, 0.2) is 72.8 Å². The molecule has 7 heteroatoms. The lowest BCUT2D eigenvalue weighted by Gasteiger charge is -2.36. The van der Waals surface area contributed by atoms with Gasteiger partial charge in [-0.25, -0.2) is 0 Å². The molecule has 3 aliphatic rings. The number of ether oxygens (including phenoxy) is 1. The van der Waals surface area contributed by atoms with Crippen LogP contribution >= 0.6 is 0 Å². The molecule has 3 heterocycles. The van der Waals surface area contributed by atoms with Gasteiger partial charge in [0, 0.05) is 43.9 Å². The maximum Gasteiger partial charge on any atom is 0.327 e. The van der Waals surface area contributed by atoms with Gasteiger partial charge in [-0.1, -0.05) is 60.7 Å². The lowest BCUT2D eigenvalue weighted by Crippen LogP contribution is -2.50. The summed E-state index contributed by atoms with van der Waals surface area (Å²) >= 11 is 0. The number of carbonyl (C=O) groups is 2. The smallest absolute Gasteiger partial charge is 0.327 e. The van der Waals surface area contributed by atoms with E-state index in [1.54, 1.807) is 6.07 Å². The molecule has 3 aliphatic heterocycles. The van der Waals surface area contributed by atoms with E-state index in [-0.39, 0.29) is 18.3 Å². The summed E-state index contributed by atoms with van der Waals surface area (Å²) in [6, 6.07) is 23.1. The fourth-order valence-electron chi connectivity index (χ4n) is 5.27. The highest BCUT2D eigenvalue weighted by molar-refractivity contribution is 5.98. The molecule has 0 N–H and O–H groups in total. The zero-order chi connectivity index (χ0) is 23.8. The van der Waals surface area contributed by atoms with Crippen molar-refractivity contribution in [3.8, 4) is 11.5 Å². The standard InChI is InChI=1S/C28H26N2O5/c31-26(30-14-12-29(13-15-30)18-20-10-11-21-19-33-35-25(21)16-20)17-28(22-6-2-1-3-7-22)23-8-4-5-9-24(23)34-27(28)32/h1-11,16H,12-15,17-19H2. The maximum absolute atomic E-state index is 13.6. The summed E-state index contributed by atoms with van der Waals surface area (Å²) in [6.45, 7) is 4.03. The Kier molecular flexibility index (Phi) is 5.51. The molecule has 1 fully saturated rings. The van der Waals surface area contributed by atoms with E-state index >= 15 is 0 Å². The van der Waals surface area contributed by atoms with Crippen LogP contribution in [0.3, 0.4) is 0 Å². The van der Waals surface area contributed by atoms with Gasteiger partial charge in [0.15, 0.2) is 5.75 Å². The number of hydrogen-bond donors (Lipinski definition) is 0. The Bertz CT molecular complexity index is 1270. The SMILES string of the molecule is O=C(CC1(c2ccccc2)C(=O)Oc2ccccc21)N1CCN(Cc2ccc3c(c2)OOC3)CC1. The maximum atomic E-state index is 13.6. The number of rotatable bonds is 5. The van der Waals surface area contributed by atoms with Gasteiger partial charge in [-0.15, -0.1) is 0 Å². The van der Waals surface area contributed by atoms with Crippen LogP contribution in [0.4, 0.5) is 0 Å². The van der Waals surface area contributed by atoms with Gasteiger partial charge in [-0.3, -0.25) is 14.5 Å². The van der Waals surface area contributed by atoms with E-state index in [2.05, 4.69) is 11.0 Å². The van der Waals surface area contributed by atoms with E-state index in [9.17, 15) is 9.59 Å². The average Bonchev–Trinajstić information content (AvgIpc) is 3.47. The molecule has 1 unspecified atom stereocenters. The minimum Gasteiger partial charge on any atom is -0.425 e. The Morgan fingerprint density at radius 3 is 2.49 bits per heavy atom. The minimum absolute atomic E-state index is 0.0368. The second-order valence-electron chi connectivity index (χ2n) is 9.28. The molecule has 0 aliphatic carbocycles. The first kappa shape index (κ1) is 21.8. The zero-order valence-electron chi connectivity index (χ0n) is 19.3. The molecule has 1 atom stereocenters. The molecule has 3 aromatic rings. The molecule has 0 spiro atoms. The zero-order valence-corrected chi connectivity index (χ0v) is 19.3. The van der Waals surface area contributed by atoms with Gasteiger partial charge in [0.25, 0.3) is 0 Å². The molecule has 3 aromatic carbocycles. The third-order valence-electron chi connectivity index (χ3n) is 7.21. The fourth-order valence-corrected chi connectivity index (χ4v) is 5.27. The summed E-state index contributed by atoms with van der Waals surface area (Å²) in [6.07, 6.45) is 0.0506. The molecule has 6 rings (SSSR count). The van der Waals surface area contributed by atoms with Crippen LogP contribution in [0.2, 0.25) is 0 Å². The fraction of sp³-hybridized carbons (Fsp3) is 0.286. The van der Waals surface area contributed by atoms with Crippen molar-refractivity contribution in [1.29, 1.82) is 0 Å². The summed E-state index contributed by atoms with van der Waals surface area (Å²) in [5, 5.41) is 0. The summed E-state index contributed by atoms with van der Waals surface area (Å²) in [5.74, 6) is 0.888. The molecular formula is C28H26N2O5. The van der Waals surface area contributed by atoms with E-state index in [0.717, 1.165) is 47.6 Å². The number of esters is 1. The van der Waals surface area contributed by atoms with Crippen molar-refractivity contribution in [3.63, 3.8) is 0 Å². The number of hydrogen-bond acceptors (Lipinski definition) is 6. The van der Waals surface area contributed by atoms with Crippen molar-refractivity contribution in [1.82, 2.24) is 9.80 Å². The van der Waals surface area contributed by atoms with Gasteiger partial charge in [0.05, 0.1) is 6.42 Å². The first-order valence-corrected chi connectivity index (χ1v) is 11.9. The van der Waals surface area contributed by atoms with E-state index in [4.69, 9.17) is 14.5 Å². The Labute approximate surface area is 203 Å². The molecule has 0 radical (unpaired) electrons. The van der Waals surface area contributed by atoms with Crippen LogP contribution in [-0.2, 0) is 33.0 Å². The van der Waals surface area contributed by atoms with Crippen molar-refractivity contribution in [2.45, 2.75) is 25.0 Å². The van der Waals surface area contributed by atoms with E-state index < -0.39 is 5.41 Å². The highest BCUT2D eigenvalue weighted by atomic mass is 17.2. The monoisotopic (exact) mass is 470 g/mol. The summed E-state index contributed by atoms with van der Waals surface area (Å²) in [4.78, 5) is 41.3. The highest BCUT2D eigenvalue weighted by Gasteiger charge is 2.52. The number of piperazine rings is 1. The molecule has 1 saturated heterocycles. The summed E-state index contributed by atoms with van der Waals surface area (Å²) < 4.78 is 5.64. The Hall–Kier alpha value is -3.68. The third-order valence-corrected chi connectivity index (χ3v) is 7.21. The van der Waals surface area contributed by atoms with Gasteiger partial charge in [0.1, 0.15) is 17.8 Å². The predicted octanol–water partition coefficient (Wildman–Crippen LogP) is 3.45. The Balaban J connectivity index is 1.17. The number of benzene rings is 3. The Morgan fingerprint density at radius 1 is 0.886 bits per heavy atom. The second-order valence-corrected chi connectivity index (χ2v) is 9.28. The molecule has 0 aromatic heterocycles. The first-order valence-electron chi connectivity index (χ1n) is 11.9. The highest BCUT2D eigenvalue weighted by Crippen LogP contribution is 2.47. The van der Waals surface area contributed by atoms with Gasteiger partial charge in [-0.05, 0) is 23.3 Å². The molecule has 0 bridgehead atoms. The summed E-state index contributed by atoms with van der Waals surface area (Å²) in [5.41, 5.74) is 2.63. The number of nitrogens with zero attached hydrogens (tertiary/aromatic N) is 2. The average molecular weight is 471 g/mol. The molecular weight excluding hydrogens is 444 g/mol. The lowest BCUT2D eigenvalue weighted by atomic mass is 9.72. The molecule has 178 valence electrons. The number of amides is 1. The van der Waals surface area contributed by atoms with E-state index in [1.807, 2.05) is 65.6 Å². The first-order chi connectivity index (χ1) is 17.1. The summed E-state index contributed by atoms with van der Waals surface area (Å²) in [7, 11) is 0. The van der Waals surface area contributed by atoms with Crippen molar-refractivity contribution in [2.24, 2.45) is 0 Å². The van der Waals surface area contributed by atoms with Crippen LogP contribution in [0.1, 0.15) is 28.7 Å². The van der Waals surface area contributed by atoms with E-state index in [1.165, 1.54) is 0 Å². The van der Waals surface area contributed by atoms with Gasteiger partial charge in [0.2, 0.25) is 5.91 Å². The minimum atomic E-state index is -1.13. The molecule has 7 nitrogen and oxygen atoms in total. The Morgan fingerprint density at radius 2 is 1.66 bits per heavy atom. The number of para-hydroxylation sites is 1. The van der Waals surface area contributed by atoms with Crippen molar-refractivity contribution >= 4 is 11.9 Å². The van der Waals surface area contributed by atoms with Crippen LogP contribution in [0.25, 0.3) is 0 Å². The molecule has 1 amide bonds. The van der Waals surface area contributed by atoms with Crippen LogP contribution in [0, 0.1) is 0 Å². The molecule has 35 heavy (non-hydrogen) atoms. The number of carbonyl (C=O) groups excluding carboxylic acids is 2. The third kappa shape index (κ3) is 3.87. The van der Waals surface area contributed by atoms with Gasteiger partial charge < -0.3 is 14.5 Å². The van der Waals surface area contributed by atoms with Crippen molar-refractivity contribution in [2.75, 3.05) is 26.2 Å².